The molecule has 1 saturated carbocycles. The number of nitrogens with zero attached hydrogens (tertiary/aromatic N) is 3. The van der Waals surface area contributed by atoms with Gasteiger partial charge in [-0.3, -0.25) is 9.69 Å². The zero-order chi connectivity index (χ0) is 21.7. The number of benzene rings is 1. The number of anilines is 2. The van der Waals surface area contributed by atoms with Gasteiger partial charge in [0.15, 0.2) is 17.4 Å². The van der Waals surface area contributed by atoms with Crippen molar-refractivity contribution in [2.45, 2.75) is 38.8 Å². The number of ether oxygens (including phenoxy) is 1. The molecule has 2 aromatic rings. The van der Waals surface area contributed by atoms with E-state index in [0.29, 0.717) is 32.2 Å². The molecule has 1 saturated heterocycles. The van der Waals surface area contributed by atoms with Crippen molar-refractivity contribution in [3.05, 3.63) is 28.1 Å². The van der Waals surface area contributed by atoms with E-state index in [4.69, 9.17) is 10.8 Å². The Balaban J connectivity index is 1.90. The predicted octanol–water partition coefficient (Wildman–Crippen LogP) is 2.78. The Morgan fingerprint density at radius 3 is 2.37 bits per heavy atom. The third-order valence-electron chi connectivity index (χ3n) is 5.83. The molecule has 2 heterocycles. The Labute approximate surface area is 171 Å². The number of hydrogen-bond donors (Lipinski definition) is 2. The Morgan fingerprint density at radius 2 is 1.83 bits per heavy atom. The van der Waals surface area contributed by atoms with Gasteiger partial charge in [-0.2, -0.15) is 0 Å². The van der Waals surface area contributed by atoms with Crippen LogP contribution in [0, 0.1) is 11.6 Å². The van der Waals surface area contributed by atoms with E-state index in [-0.39, 0.29) is 22.6 Å². The second kappa shape index (κ2) is 7.42. The summed E-state index contributed by atoms with van der Waals surface area (Å²) in [7, 11) is 0. The summed E-state index contributed by atoms with van der Waals surface area (Å²) in [6.45, 7) is 6.27. The molecule has 0 radical (unpaired) electrons. The van der Waals surface area contributed by atoms with Crippen LogP contribution in [0.25, 0.3) is 10.9 Å². The van der Waals surface area contributed by atoms with Crippen LogP contribution in [-0.4, -0.2) is 52.9 Å². The number of carbonyl (C=O) groups is 1. The van der Waals surface area contributed by atoms with E-state index in [1.807, 2.05) is 0 Å². The van der Waals surface area contributed by atoms with E-state index >= 15 is 8.78 Å². The highest BCUT2D eigenvalue weighted by Gasteiger charge is 2.33. The Bertz CT molecular complexity index is 1070. The minimum absolute atomic E-state index is 0.111. The smallest absolute Gasteiger partial charge is 0.449 e. The molecule has 162 valence electrons. The number of pyridine rings is 1. The maximum absolute atomic E-state index is 15.7. The van der Waals surface area contributed by atoms with E-state index < -0.39 is 34.7 Å². The van der Waals surface area contributed by atoms with Gasteiger partial charge in [-0.1, -0.05) is 0 Å². The van der Waals surface area contributed by atoms with Crippen molar-refractivity contribution < 1.29 is 23.4 Å². The number of hydrogen-bond acceptors (Lipinski definition) is 6. The first-order chi connectivity index (χ1) is 14.2. The molecule has 30 heavy (non-hydrogen) atoms. The van der Waals surface area contributed by atoms with Crippen molar-refractivity contribution >= 4 is 28.4 Å². The number of carboxylic acid groups (broad SMARTS) is 1. The van der Waals surface area contributed by atoms with E-state index in [2.05, 4.69) is 23.5 Å². The molecule has 0 spiro atoms. The van der Waals surface area contributed by atoms with Gasteiger partial charge >= 0.3 is 6.16 Å². The summed E-state index contributed by atoms with van der Waals surface area (Å²) in [6.07, 6.45) is 0.942. The highest BCUT2D eigenvalue weighted by molar-refractivity contribution is 5.96. The molecular weight excluding hydrogens is 398 g/mol. The first-order valence-corrected chi connectivity index (χ1v) is 9.95. The second-order valence-corrected chi connectivity index (χ2v) is 8.06. The van der Waals surface area contributed by atoms with E-state index in [1.54, 1.807) is 4.90 Å². The lowest BCUT2D eigenvalue weighted by Gasteiger charge is -2.38. The van der Waals surface area contributed by atoms with Gasteiger partial charge in [-0.25, -0.2) is 13.6 Å². The monoisotopic (exact) mass is 422 g/mol. The second-order valence-electron chi connectivity index (χ2n) is 8.06. The number of fused-ring (bicyclic) bond motifs is 1. The van der Waals surface area contributed by atoms with Gasteiger partial charge in [0, 0.05) is 38.3 Å². The third kappa shape index (κ3) is 3.34. The van der Waals surface area contributed by atoms with Gasteiger partial charge in [-0.05, 0) is 26.7 Å². The molecule has 1 aromatic heterocycles. The number of nitrogens with two attached hydrogens (primary N) is 1. The maximum atomic E-state index is 15.7. The molecular formula is C20H24F2N4O4. The molecule has 0 unspecified atom stereocenters. The Hall–Kier alpha value is -2.88. The fraction of sp³-hybridized carbons (Fsp3) is 0.500. The Morgan fingerprint density at radius 1 is 1.20 bits per heavy atom. The molecule has 1 aliphatic carbocycles. The molecule has 1 aliphatic heterocycles. The summed E-state index contributed by atoms with van der Waals surface area (Å²) in [5, 5.41) is 8.51. The van der Waals surface area contributed by atoms with Crippen molar-refractivity contribution in [3.63, 3.8) is 0 Å². The average molecular weight is 422 g/mol. The van der Waals surface area contributed by atoms with Crippen LogP contribution >= 0.6 is 0 Å². The topological polar surface area (TPSA) is 101 Å². The minimum Gasteiger partial charge on any atom is -0.449 e. The van der Waals surface area contributed by atoms with Crippen LogP contribution in [0.2, 0.25) is 0 Å². The summed E-state index contributed by atoms with van der Waals surface area (Å²) in [5.41, 5.74) is 4.16. The highest BCUT2D eigenvalue weighted by Crippen LogP contribution is 2.42. The summed E-state index contributed by atoms with van der Waals surface area (Å²) in [5.74, 6) is -2.39. The van der Waals surface area contributed by atoms with Crippen LogP contribution in [0.1, 0.15) is 32.7 Å². The number of piperazine rings is 1. The van der Waals surface area contributed by atoms with E-state index in [0.717, 1.165) is 12.8 Å². The lowest BCUT2D eigenvalue weighted by atomic mass is 10.1. The first kappa shape index (κ1) is 20.4. The van der Waals surface area contributed by atoms with Crippen LogP contribution in [0.4, 0.5) is 25.0 Å². The van der Waals surface area contributed by atoms with Crippen molar-refractivity contribution in [1.29, 1.82) is 0 Å². The highest BCUT2D eigenvalue weighted by atomic mass is 19.1. The van der Waals surface area contributed by atoms with Crippen molar-refractivity contribution in [2.75, 3.05) is 36.8 Å². The quantitative estimate of drug-likeness (QED) is 0.577. The number of rotatable bonds is 4. The van der Waals surface area contributed by atoms with E-state index in [1.165, 1.54) is 10.8 Å². The van der Waals surface area contributed by atoms with E-state index in [9.17, 15) is 9.59 Å². The van der Waals surface area contributed by atoms with Crippen LogP contribution in [0.3, 0.4) is 0 Å². The summed E-state index contributed by atoms with van der Waals surface area (Å²) >= 11 is 0. The number of aromatic nitrogens is 1. The maximum Gasteiger partial charge on any atom is 0.511 e. The third-order valence-corrected chi connectivity index (χ3v) is 5.83. The Kier molecular flexibility index (Phi) is 5.05. The van der Waals surface area contributed by atoms with Crippen LogP contribution in [-0.2, 0) is 0 Å². The van der Waals surface area contributed by atoms with Crippen LogP contribution in [0.5, 0.6) is 5.75 Å². The lowest BCUT2D eigenvalue weighted by molar-refractivity contribution is 0.143. The molecule has 0 atom stereocenters. The molecule has 2 fully saturated rings. The summed E-state index contributed by atoms with van der Waals surface area (Å²) < 4.78 is 36.9. The summed E-state index contributed by atoms with van der Waals surface area (Å²) in [4.78, 5) is 27.5. The van der Waals surface area contributed by atoms with Gasteiger partial charge in [0.1, 0.15) is 5.69 Å². The van der Waals surface area contributed by atoms with Gasteiger partial charge in [-0.15, -0.1) is 0 Å². The van der Waals surface area contributed by atoms with Gasteiger partial charge in [0.05, 0.1) is 22.8 Å². The molecule has 4 rings (SSSR count). The number of nitrogen functional groups attached to an aromatic ring is 1. The van der Waals surface area contributed by atoms with Crippen molar-refractivity contribution in [3.8, 4) is 5.75 Å². The molecule has 2 aliphatic rings. The lowest BCUT2D eigenvalue weighted by Crippen LogP contribution is -2.49. The number of halogens is 2. The van der Waals surface area contributed by atoms with Crippen molar-refractivity contribution in [2.24, 2.45) is 0 Å². The standard InChI is InChI=1S/C20H24F2N4O4/c1-10(2)24-5-7-25(8-6-24)18-14(21)16(23)13-17(15(18)22)26(11-3-4-11)9-12(19(13)27)30-20(28)29/h9-11H,3-8,23H2,1-2H3,(H,28,29). The van der Waals surface area contributed by atoms with Crippen LogP contribution in [0.15, 0.2) is 11.0 Å². The largest absolute Gasteiger partial charge is 0.511 e. The molecule has 10 heteroatoms. The molecule has 3 N–H and O–H groups in total. The van der Waals surface area contributed by atoms with Crippen molar-refractivity contribution in [1.82, 2.24) is 9.47 Å². The molecule has 1 aromatic carbocycles. The van der Waals surface area contributed by atoms with Crippen LogP contribution < -0.4 is 20.8 Å². The SMILES string of the molecule is CC(C)N1CCN(c2c(F)c(N)c3c(=O)c(OC(=O)O)cn(C4CC4)c3c2F)CC1. The first-order valence-electron chi connectivity index (χ1n) is 9.95. The normalized spacial score (nSPS) is 17.7. The van der Waals surface area contributed by atoms with Gasteiger partial charge in [0.2, 0.25) is 5.43 Å². The average Bonchev–Trinajstić information content (AvgIpc) is 3.53. The fourth-order valence-corrected chi connectivity index (χ4v) is 4.08. The minimum atomic E-state index is -1.69. The predicted molar refractivity (Wildman–Crippen MR) is 108 cm³/mol. The van der Waals surface area contributed by atoms with Gasteiger partial charge in [0.25, 0.3) is 0 Å². The fourth-order valence-electron chi connectivity index (χ4n) is 4.08. The molecule has 0 bridgehead atoms. The zero-order valence-corrected chi connectivity index (χ0v) is 16.8. The summed E-state index contributed by atoms with van der Waals surface area (Å²) in [6, 6.07) is 0.200. The molecule has 0 amide bonds. The van der Waals surface area contributed by atoms with Gasteiger partial charge < -0.3 is 25.0 Å². The zero-order valence-electron chi connectivity index (χ0n) is 16.8. The molecule has 8 nitrogen and oxygen atoms in total.